The Morgan fingerprint density at radius 1 is 1.56 bits per heavy atom. The molecule has 2 rings (SSSR count). The van der Waals surface area contributed by atoms with E-state index in [0.717, 1.165) is 0 Å². The zero-order valence-electron chi connectivity index (χ0n) is 9.18. The molecule has 0 saturated carbocycles. The minimum absolute atomic E-state index is 0.0829. The van der Waals surface area contributed by atoms with Gasteiger partial charge in [0, 0.05) is 17.1 Å². The van der Waals surface area contributed by atoms with Crippen molar-refractivity contribution in [1.29, 1.82) is 0 Å². The molecule has 0 spiro atoms. The van der Waals surface area contributed by atoms with Gasteiger partial charge >= 0.3 is 5.97 Å². The highest BCUT2D eigenvalue weighted by atomic mass is 35.5. The van der Waals surface area contributed by atoms with E-state index < -0.39 is 11.9 Å². The molecule has 0 radical (unpaired) electrons. The van der Waals surface area contributed by atoms with Gasteiger partial charge < -0.3 is 20.3 Å². The van der Waals surface area contributed by atoms with Gasteiger partial charge in [-0.1, -0.05) is 11.6 Å². The first-order valence-electron chi connectivity index (χ1n) is 5.10. The van der Waals surface area contributed by atoms with Crippen molar-refractivity contribution >= 4 is 23.9 Å². The van der Waals surface area contributed by atoms with E-state index >= 15 is 0 Å². The first-order valence-corrected chi connectivity index (χ1v) is 5.48. The molecule has 0 fully saturated rings. The number of benzene rings is 1. The third kappa shape index (κ3) is 1.89. The predicted molar refractivity (Wildman–Crippen MR) is 62.4 cm³/mol. The number of carboxylic acids is 1. The fourth-order valence-electron chi connectivity index (χ4n) is 1.84. The van der Waals surface area contributed by atoms with Crippen LogP contribution in [0.2, 0.25) is 5.02 Å². The number of carbonyl (C=O) groups excluding carboxylic acids is 1. The zero-order valence-corrected chi connectivity index (χ0v) is 9.94. The van der Waals surface area contributed by atoms with Crippen LogP contribution in [0.25, 0.3) is 0 Å². The summed E-state index contributed by atoms with van der Waals surface area (Å²) in [4.78, 5) is 22.0. The van der Waals surface area contributed by atoms with Gasteiger partial charge in [-0.15, -0.1) is 0 Å². The molecule has 1 aromatic rings. The van der Waals surface area contributed by atoms with Gasteiger partial charge in [-0.3, -0.25) is 9.59 Å². The monoisotopic (exact) mass is 271 g/mol. The van der Waals surface area contributed by atoms with Gasteiger partial charge in [-0.05, 0) is 6.07 Å². The lowest BCUT2D eigenvalue weighted by atomic mass is 9.96. The molecule has 6 nitrogen and oxygen atoms in total. The SMILES string of the molecule is NCC(C(=O)O)c1c(Cl)cc(C=O)c2c1OCO2. The van der Waals surface area contributed by atoms with Gasteiger partial charge in [0.05, 0.1) is 11.5 Å². The molecule has 0 saturated heterocycles. The summed E-state index contributed by atoms with van der Waals surface area (Å²) in [5.41, 5.74) is 5.89. The molecule has 3 N–H and O–H groups in total. The molecule has 0 aromatic heterocycles. The van der Waals surface area contributed by atoms with Gasteiger partial charge in [0.2, 0.25) is 6.79 Å². The van der Waals surface area contributed by atoms with E-state index in [1.807, 2.05) is 0 Å². The van der Waals surface area contributed by atoms with E-state index in [1.165, 1.54) is 6.07 Å². The Bertz CT molecular complexity index is 517. The highest BCUT2D eigenvalue weighted by molar-refractivity contribution is 6.32. The van der Waals surface area contributed by atoms with Crippen LogP contribution in [0.5, 0.6) is 11.5 Å². The van der Waals surface area contributed by atoms with Crippen molar-refractivity contribution in [2.75, 3.05) is 13.3 Å². The van der Waals surface area contributed by atoms with Crippen molar-refractivity contribution in [3.8, 4) is 11.5 Å². The third-order valence-corrected chi connectivity index (χ3v) is 2.98. The minimum atomic E-state index is -1.11. The predicted octanol–water partition coefficient (Wildman–Crippen LogP) is 1.01. The van der Waals surface area contributed by atoms with Crippen LogP contribution in [-0.2, 0) is 4.79 Å². The Morgan fingerprint density at radius 2 is 2.22 bits per heavy atom. The smallest absolute Gasteiger partial charge is 0.312 e. The number of hydrogen-bond donors (Lipinski definition) is 2. The number of rotatable bonds is 4. The summed E-state index contributed by atoms with van der Waals surface area (Å²) in [7, 11) is 0. The highest BCUT2D eigenvalue weighted by Gasteiger charge is 2.31. The number of nitrogens with two attached hydrogens (primary N) is 1. The molecule has 0 bridgehead atoms. The number of hydrogen-bond acceptors (Lipinski definition) is 5. The van der Waals surface area contributed by atoms with Crippen molar-refractivity contribution in [3.05, 3.63) is 22.2 Å². The molecule has 1 aliphatic heterocycles. The maximum atomic E-state index is 11.1. The van der Waals surface area contributed by atoms with Crippen molar-refractivity contribution in [2.24, 2.45) is 5.73 Å². The van der Waals surface area contributed by atoms with Crippen LogP contribution in [0.15, 0.2) is 6.07 Å². The Kier molecular flexibility index (Phi) is 3.40. The third-order valence-electron chi connectivity index (χ3n) is 2.67. The lowest BCUT2D eigenvalue weighted by Crippen LogP contribution is -2.22. The fraction of sp³-hybridized carbons (Fsp3) is 0.273. The van der Waals surface area contributed by atoms with Gasteiger partial charge in [0.1, 0.15) is 0 Å². The topological polar surface area (TPSA) is 98.9 Å². The van der Waals surface area contributed by atoms with E-state index in [9.17, 15) is 9.59 Å². The average molecular weight is 272 g/mol. The summed E-state index contributed by atoms with van der Waals surface area (Å²) >= 11 is 6.00. The summed E-state index contributed by atoms with van der Waals surface area (Å²) in [5, 5.41) is 9.23. The van der Waals surface area contributed by atoms with Crippen LogP contribution >= 0.6 is 11.6 Å². The maximum absolute atomic E-state index is 11.1. The van der Waals surface area contributed by atoms with Crippen LogP contribution in [-0.4, -0.2) is 30.7 Å². The molecule has 1 aromatic carbocycles. The van der Waals surface area contributed by atoms with Gasteiger partial charge in [-0.25, -0.2) is 0 Å². The second-order valence-electron chi connectivity index (χ2n) is 3.67. The van der Waals surface area contributed by atoms with Crippen LogP contribution in [0.4, 0.5) is 0 Å². The zero-order chi connectivity index (χ0) is 13.3. The van der Waals surface area contributed by atoms with Crippen LogP contribution < -0.4 is 15.2 Å². The Morgan fingerprint density at radius 3 is 2.78 bits per heavy atom. The lowest BCUT2D eigenvalue weighted by molar-refractivity contribution is -0.138. The summed E-state index contributed by atoms with van der Waals surface area (Å²) in [5.74, 6) is -1.73. The Hall–Kier alpha value is -1.79. The van der Waals surface area contributed by atoms with E-state index in [4.69, 9.17) is 31.9 Å². The van der Waals surface area contributed by atoms with Crippen molar-refractivity contribution in [1.82, 2.24) is 0 Å². The summed E-state index contributed by atoms with van der Waals surface area (Å²) in [6.45, 7) is -0.217. The first-order chi connectivity index (χ1) is 8.60. The highest BCUT2D eigenvalue weighted by Crippen LogP contribution is 2.45. The summed E-state index contributed by atoms with van der Waals surface area (Å²) in [6, 6.07) is 1.35. The largest absolute Gasteiger partial charge is 0.481 e. The van der Waals surface area contributed by atoms with Crippen LogP contribution in [0, 0.1) is 0 Å². The van der Waals surface area contributed by atoms with Crippen LogP contribution in [0.1, 0.15) is 21.8 Å². The van der Waals surface area contributed by atoms with E-state index in [0.29, 0.717) is 6.29 Å². The molecule has 1 atom stereocenters. The quantitative estimate of drug-likeness (QED) is 0.793. The van der Waals surface area contributed by atoms with E-state index in [1.54, 1.807) is 0 Å². The number of aldehydes is 1. The van der Waals surface area contributed by atoms with Gasteiger partial charge in [-0.2, -0.15) is 0 Å². The van der Waals surface area contributed by atoms with Gasteiger partial charge in [0.25, 0.3) is 0 Å². The molecule has 18 heavy (non-hydrogen) atoms. The molecule has 1 unspecified atom stereocenters. The Balaban J connectivity index is 2.65. The molecular weight excluding hydrogens is 262 g/mol. The average Bonchev–Trinajstić information content (AvgIpc) is 2.80. The van der Waals surface area contributed by atoms with Crippen molar-refractivity contribution in [3.63, 3.8) is 0 Å². The normalized spacial score (nSPS) is 14.3. The number of ether oxygens (including phenoxy) is 2. The molecular formula is C11H10ClNO5. The molecule has 0 aliphatic carbocycles. The molecule has 0 amide bonds. The van der Waals surface area contributed by atoms with Crippen LogP contribution in [0.3, 0.4) is 0 Å². The fourth-order valence-corrected chi connectivity index (χ4v) is 2.17. The first kappa shape index (κ1) is 12.7. The van der Waals surface area contributed by atoms with E-state index in [-0.39, 0.29) is 41.0 Å². The number of carbonyl (C=O) groups is 2. The van der Waals surface area contributed by atoms with Crippen molar-refractivity contribution < 1.29 is 24.2 Å². The van der Waals surface area contributed by atoms with Gasteiger partial charge in [0.15, 0.2) is 17.8 Å². The number of carboxylic acid groups (broad SMARTS) is 1. The maximum Gasteiger partial charge on any atom is 0.312 e. The number of aliphatic carboxylic acids is 1. The second kappa shape index (κ2) is 4.83. The molecule has 96 valence electrons. The molecule has 1 heterocycles. The van der Waals surface area contributed by atoms with E-state index in [2.05, 4.69) is 0 Å². The second-order valence-corrected chi connectivity index (χ2v) is 4.08. The number of halogens is 1. The summed E-state index contributed by atoms with van der Waals surface area (Å²) in [6.07, 6.45) is 0.571. The summed E-state index contributed by atoms with van der Waals surface area (Å²) < 4.78 is 10.3. The lowest BCUT2D eigenvalue weighted by Gasteiger charge is -2.15. The standard InChI is InChI=1S/C11H10ClNO5/c12-7-1-5(3-14)9-10(18-4-17-9)8(7)6(2-13)11(15)16/h1,3,6H,2,4,13H2,(H,15,16). The number of fused-ring (bicyclic) bond motifs is 1. The van der Waals surface area contributed by atoms with Crippen molar-refractivity contribution in [2.45, 2.75) is 5.92 Å². The minimum Gasteiger partial charge on any atom is -0.481 e. The Labute approximate surface area is 107 Å². The molecule has 7 heteroatoms. The molecule has 1 aliphatic rings.